The first-order chi connectivity index (χ1) is 11.1. The highest BCUT2D eigenvalue weighted by atomic mass is 16.3. The Morgan fingerprint density at radius 3 is 2.70 bits per heavy atom. The number of benzene rings is 2. The van der Waals surface area contributed by atoms with Crippen molar-refractivity contribution in [1.82, 2.24) is 10.2 Å². The lowest BCUT2D eigenvalue weighted by Gasteiger charge is -2.18. The van der Waals surface area contributed by atoms with Crippen LogP contribution in [0.1, 0.15) is 29.4 Å². The van der Waals surface area contributed by atoms with E-state index in [4.69, 9.17) is 0 Å². The van der Waals surface area contributed by atoms with E-state index in [0.29, 0.717) is 0 Å². The molecule has 3 rings (SSSR count). The summed E-state index contributed by atoms with van der Waals surface area (Å²) in [6, 6.07) is 12.6. The number of hydrogen-bond donors (Lipinski definition) is 2. The van der Waals surface area contributed by atoms with E-state index in [1.54, 1.807) is 19.2 Å². The Bertz CT molecular complexity index is 840. The molecule has 0 atom stereocenters. The van der Waals surface area contributed by atoms with Crippen molar-refractivity contribution in [2.45, 2.75) is 19.8 Å². The first-order valence-electron chi connectivity index (χ1n) is 7.65. The SMILES string of the molecule is CCCc1n[nH]c2cc(O)c(C(=O)N(C)c3ccccc3)cc12. The second kappa shape index (κ2) is 6.12. The summed E-state index contributed by atoms with van der Waals surface area (Å²) in [4.78, 5) is 14.3. The van der Waals surface area contributed by atoms with Crippen LogP contribution in [0, 0.1) is 0 Å². The van der Waals surface area contributed by atoms with Crippen LogP contribution in [-0.2, 0) is 6.42 Å². The van der Waals surface area contributed by atoms with Gasteiger partial charge >= 0.3 is 0 Å². The number of aromatic hydroxyl groups is 1. The number of nitrogens with zero attached hydrogens (tertiary/aromatic N) is 2. The standard InChI is InChI=1S/C18H19N3O2/c1-3-7-15-13-10-14(17(22)11-16(13)20-19-15)18(23)21(2)12-8-5-4-6-9-12/h4-6,8-11,22H,3,7H2,1-2H3,(H,19,20). The third kappa shape index (κ3) is 2.77. The van der Waals surface area contributed by atoms with Gasteiger partial charge in [0.05, 0.1) is 16.8 Å². The van der Waals surface area contributed by atoms with Gasteiger partial charge in [-0.25, -0.2) is 0 Å². The summed E-state index contributed by atoms with van der Waals surface area (Å²) in [6.45, 7) is 2.08. The average molecular weight is 309 g/mol. The molecule has 0 saturated heterocycles. The van der Waals surface area contributed by atoms with Crippen molar-refractivity contribution in [3.8, 4) is 5.75 Å². The number of nitrogens with one attached hydrogen (secondary N) is 1. The maximum Gasteiger partial charge on any atom is 0.261 e. The minimum absolute atomic E-state index is 0.0445. The zero-order valence-electron chi connectivity index (χ0n) is 13.2. The fourth-order valence-electron chi connectivity index (χ4n) is 2.66. The minimum Gasteiger partial charge on any atom is -0.507 e. The molecule has 0 aliphatic heterocycles. The number of hydrogen-bond acceptors (Lipinski definition) is 3. The number of amides is 1. The van der Waals surface area contributed by atoms with Gasteiger partial charge in [-0.05, 0) is 24.6 Å². The number of carbonyl (C=O) groups excluding carboxylic acids is 1. The van der Waals surface area contributed by atoms with Crippen molar-refractivity contribution in [1.29, 1.82) is 0 Å². The lowest BCUT2D eigenvalue weighted by atomic mass is 10.1. The largest absolute Gasteiger partial charge is 0.507 e. The Balaban J connectivity index is 2.02. The molecule has 0 radical (unpaired) electrons. The maximum absolute atomic E-state index is 12.7. The highest BCUT2D eigenvalue weighted by Gasteiger charge is 2.19. The van der Waals surface area contributed by atoms with Gasteiger partial charge in [0.15, 0.2) is 0 Å². The van der Waals surface area contributed by atoms with Crippen LogP contribution in [-0.4, -0.2) is 28.3 Å². The number of anilines is 1. The van der Waals surface area contributed by atoms with Gasteiger partial charge < -0.3 is 10.0 Å². The summed E-state index contributed by atoms with van der Waals surface area (Å²) in [5.41, 5.74) is 2.71. The molecular weight excluding hydrogens is 290 g/mol. The Morgan fingerprint density at radius 2 is 2.00 bits per heavy atom. The van der Waals surface area contributed by atoms with Crippen molar-refractivity contribution in [2.24, 2.45) is 0 Å². The van der Waals surface area contributed by atoms with Gasteiger partial charge in [0.2, 0.25) is 0 Å². The van der Waals surface area contributed by atoms with Crippen LogP contribution in [0.4, 0.5) is 5.69 Å². The number of H-pyrrole nitrogens is 1. The Labute approximate surface area is 134 Å². The number of phenolic OH excluding ortho intramolecular Hbond substituents is 1. The lowest BCUT2D eigenvalue weighted by Crippen LogP contribution is -2.26. The minimum atomic E-state index is -0.251. The van der Waals surface area contributed by atoms with E-state index in [-0.39, 0.29) is 17.2 Å². The van der Waals surface area contributed by atoms with Gasteiger partial charge in [0.1, 0.15) is 5.75 Å². The Morgan fingerprint density at radius 1 is 1.26 bits per heavy atom. The molecule has 2 N–H and O–H groups in total. The molecule has 0 aliphatic rings. The molecule has 0 unspecified atom stereocenters. The van der Waals surface area contributed by atoms with Gasteiger partial charge in [0.25, 0.3) is 5.91 Å². The number of para-hydroxylation sites is 1. The molecule has 0 bridgehead atoms. The second-order valence-electron chi connectivity index (χ2n) is 5.53. The van der Waals surface area contributed by atoms with Gasteiger partial charge in [-0.3, -0.25) is 9.89 Å². The highest BCUT2D eigenvalue weighted by Crippen LogP contribution is 2.28. The van der Waals surface area contributed by atoms with Crippen molar-refractivity contribution in [3.63, 3.8) is 0 Å². The van der Waals surface area contributed by atoms with Crippen molar-refractivity contribution in [3.05, 3.63) is 53.7 Å². The smallest absolute Gasteiger partial charge is 0.261 e. The number of rotatable bonds is 4. The van der Waals surface area contributed by atoms with Gasteiger partial charge in [0, 0.05) is 24.2 Å². The summed E-state index contributed by atoms with van der Waals surface area (Å²) in [7, 11) is 1.70. The number of phenols is 1. The summed E-state index contributed by atoms with van der Waals surface area (Å²) in [5, 5.41) is 18.3. The Hall–Kier alpha value is -2.82. The second-order valence-corrected chi connectivity index (χ2v) is 5.53. The Kier molecular flexibility index (Phi) is 4.02. The quantitative estimate of drug-likeness (QED) is 0.775. The van der Waals surface area contributed by atoms with E-state index in [0.717, 1.165) is 35.1 Å². The monoisotopic (exact) mass is 309 g/mol. The van der Waals surface area contributed by atoms with Crippen LogP contribution in [0.3, 0.4) is 0 Å². The number of fused-ring (bicyclic) bond motifs is 1. The van der Waals surface area contributed by atoms with E-state index in [1.807, 2.05) is 30.3 Å². The van der Waals surface area contributed by atoms with Crippen molar-refractivity contribution in [2.75, 3.05) is 11.9 Å². The molecule has 0 fully saturated rings. The molecule has 1 amide bonds. The fraction of sp³-hybridized carbons (Fsp3) is 0.222. The van der Waals surface area contributed by atoms with Crippen LogP contribution in [0.25, 0.3) is 10.9 Å². The van der Waals surface area contributed by atoms with E-state index in [1.165, 1.54) is 4.90 Å². The average Bonchev–Trinajstić information content (AvgIpc) is 2.96. The third-order valence-electron chi connectivity index (χ3n) is 3.92. The summed E-state index contributed by atoms with van der Waals surface area (Å²) in [6.07, 6.45) is 1.79. The van der Waals surface area contributed by atoms with Crippen LogP contribution in [0.5, 0.6) is 5.75 Å². The summed E-state index contributed by atoms with van der Waals surface area (Å²) in [5.74, 6) is -0.295. The zero-order valence-corrected chi connectivity index (χ0v) is 13.2. The molecule has 0 aliphatic carbocycles. The van der Waals surface area contributed by atoms with Crippen molar-refractivity contribution < 1.29 is 9.90 Å². The molecule has 5 heteroatoms. The normalized spacial score (nSPS) is 10.9. The topological polar surface area (TPSA) is 69.2 Å². The third-order valence-corrected chi connectivity index (χ3v) is 3.92. The van der Waals surface area contributed by atoms with Gasteiger partial charge in [-0.2, -0.15) is 5.10 Å². The van der Waals surface area contributed by atoms with Crippen LogP contribution >= 0.6 is 0 Å². The van der Waals surface area contributed by atoms with Crippen LogP contribution in [0.15, 0.2) is 42.5 Å². The molecule has 2 aromatic carbocycles. The van der Waals surface area contributed by atoms with Gasteiger partial charge in [-0.15, -0.1) is 0 Å². The molecule has 23 heavy (non-hydrogen) atoms. The van der Waals surface area contributed by atoms with Crippen LogP contribution in [0.2, 0.25) is 0 Å². The molecule has 5 nitrogen and oxygen atoms in total. The number of aromatic amines is 1. The molecule has 3 aromatic rings. The number of carbonyl (C=O) groups is 1. The van der Waals surface area contributed by atoms with E-state index in [9.17, 15) is 9.90 Å². The first-order valence-corrected chi connectivity index (χ1v) is 7.65. The maximum atomic E-state index is 12.7. The van der Waals surface area contributed by atoms with Crippen LogP contribution < -0.4 is 4.90 Å². The lowest BCUT2D eigenvalue weighted by molar-refractivity contribution is 0.0990. The number of aromatic nitrogens is 2. The molecule has 1 aromatic heterocycles. The summed E-state index contributed by atoms with van der Waals surface area (Å²) < 4.78 is 0. The van der Waals surface area contributed by atoms with Gasteiger partial charge in [-0.1, -0.05) is 31.5 Å². The predicted octanol–water partition coefficient (Wildman–Crippen LogP) is 3.50. The predicted molar refractivity (Wildman–Crippen MR) is 90.9 cm³/mol. The highest BCUT2D eigenvalue weighted by molar-refractivity contribution is 6.09. The summed E-state index contributed by atoms with van der Waals surface area (Å²) >= 11 is 0. The first kappa shape index (κ1) is 15.1. The van der Waals surface area contributed by atoms with E-state index >= 15 is 0 Å². The molecule has 118 valence electrons. The molecule has 0 spiro atoms. The fourth-order valence-corrected chi connectivity index (χ4v) is 2.66. The van der Waals surface area contributed by atoms with E-state index < -0.39 is 0 Å². The van der Waals surface area contributed by atoms with Crippen molar-refractivity contribution >= 4 is 22.5 Å². The van der Waals surface area contributed by atoms with E-state index in [2.05, 4.69) is 17.1 Å². The molecule has 0 saturated carbocycles. The zero-order chi connectivity index (χ0) is 16.4. The molecule has 1 heterocycles. The molecular formula is C18H19N3O2. The number of aryl methyl sites for hydroxylation is 1.